The molecule has 1 unspecified atom stereocenters. The van der Waals surface area contributed by atoms with Crippen molar-refractivity contribution in [3.63, 3.8) is 0 Å². The molecule has 0 bridgehead atoms. The van der Waals surface area contributed by atoms with E-state index in [0.29, 0.717) is 0 Å². The van der Waals surface area contributed by atoms with Crippen LogP contribution in [0.1, 0.15) is 17.4 Å². The fourth-order valence-electron chi connectivity index (χ4n) is 1.47. The maximum Gasteiger partial charge on any atom is 0.341 e. The minimum absolute atomic E-state index is 0.142. The summed E-state index contributed by atoms with van der Waals surface area (Å²) in [6, 6.07) is 14.3. The first-order chi connectivity index (χ1) is 8.77. The molecule has 92 valence electrons. The summed E-state index contributed by atoms with van der Waals surface area (Å²) < 4.78 is 5.02. The van der Waals surface area contributed by atoms with Gasteiger partial charge < -0.3 is 9.84 Å². The van der Waals surface area contributed by atoms with Crippen LogP contribution in [0.3, 0.4) is 0 Å². The van der Waals surface area contributed by atoms with Crippen LogP contribution in [0.25, 0.3) is 0 Å². The van der Waals surface area contributed by atoms with Gasteiger partial charge in [-0.05, 0) is 17.7 Å². The molecule has 2 rings (SSSR count). The van der Waals surface area contributed by atoms with Gasteiger partial charge in [0.05, 0.1) is 5.69 Å². The molecular formula is C14H13NO3. The van der Waals surface area contributed by atoms with E-state index in [1.807, 2.05) is 30.3 Å². The van der Waals surface area contributed by atoms with E-state index >= 15 is 0 Å². The molecule has 1 aromatic carbocycles. The van der Waals surface area contributed by atoms with Crippen LogP contribution in [0.2, 0.25) is 0 Å². The minimum atomic E-state index is -1.34. The third kappa shape index (κ3) is 3.15. The first-order valence-electron chi connectivity index (χ1n) is 5.57. The molecule has 0 aliphatic heterocycles. The standard InChI is InChI=1S/C14H13NO3/c16-13(12-8-4-5-9-15-12)14(17)18-10-11-6-2-1-3-7-11/h1-9,13,16H,10H2. The topological polar surface area (TPSA) is 59.4 Å². The maximum absolute atomic E-state index is 11.6. The monoisotopic (exact) mass is 243 g/mol. The van der Waals surface area contributed by atoms with E-state index < -0.39 is 12.1 Å². The van der Waals surface area contributed by atoms with Crippen LogP contribution in [0, 0.1) is 0 Å². The Morgan fingerprint density at radius 1 is 1.17 bits per heavy atom. The summed E-state index contributed by atoms with van der Waals surface area (Å²) in [4.78, 5) is 15.5. The minimum Gasteiger partial charge on any atom is -0.459 e. The van der Waals surface area contributed by atoms with Gasteiger partial charge in [-0.15, -0.1) is 0 Å². The summed E-state index contributed by atoms with van der Waals surface area (Å²) in [5, 5.41) is 9.73. The molecule has 1 heterocycles. The van der Waals surface area contributed by atoms with Crippen LogP contribution in [-0.4, -0.2) is 16.1 Å². The van der Waals surface area contributed by atoms with Gasteiger partial charge in [-0.25, -0.2) is 4.79 Å². The first kappa shape index (κ1) is 12.3. The van der Waals surface area contributed by atoms with Gasteiger partial charge in [0.25, 0.3) is 0 Å². The van der Waals surface area contributed by atoms with Crippen molar-refractivity contribution in [1.29, 1.82) is 0 Å². The summed E-state index contributed by atoms with van der Waals surface area (Å²) in [6.45, 7) is 0.142. The molecule has 0 spiro atoms. The number of aliphatic hydroxyl groups is 1. The molecule has 2 aromatic rings. The summed E-state index contributed by atoms with van der Waals surface area (Å²) in [5.41, 5.74) is 1.16. The number of aliphatic hydroxyl groups excluding tert-OH is 1. The van der Waals surface area contributed by atoms with Gasteiger partial charge in [0.1, 0.15) is 6.61 Å². The Hall–Kier alpha value is -2.20. The molecule has 0 aliphatic carbocycles. The van der Waals surface area contributed by atoms with Crippen molar-refractivity contribution in [2.24, 2.45) is 0 Å². The Labute approximate surface area is 105 Å². The number of benzene rings is 1. The number of ether oxygens (including phenoxy) is 1. The van der Waals surface area contributed by atoms with Crippen LogP contribution < -0.4 is 0 Å². The lowest BCUT2D eigenvalue weighted by Crippen LogP contribution is -2.16. The normalized spacial score (nSPS) is 11.8. The van der Waals surface area contributed by atoms with Gasteiger partial charge in [0.2, 0.25) is 0 Å². The van der Waals surface area contributed by atoms with Crippen molar-refractivity contribution in [2.45, 2.75) is 12.7 Å². The molecule has 1 atom stereocenters. The number of carbonyl (C=O) groups excluding carboxylic acids is 1. The molecule has 0 amide bonds. The smallest absolute Gasteiger partial charge is 0.341 e. The molecule has 0 aliphatic rings. The van der Waals surface area contributed by atoms with Gasteiger partial charge in [0.15, 0.2) is 6.10 Å². The van der Waals surface area contributed by atoms with Crippen molar-refractivity contribution in [2.75, 3.05) is 0 Å². The average Bonchev–Trinajstić information content (AvgIpc) is 2.46. The predicted molar refractivity (Wildman–Crippen MR) is 65.4 cm³/mol. The van der Waals surface area contributed by atoms with Gasteiger partial charge in [-0.1, -0.05) is 36.4 Å². The van der Waals surface area contributed by atoms with Gasteiger partial charge in [-0.3, -0.25) is 4.98 Å². The van der Waals surface area contributed by atoms with Crippen LogP contribution in [0.5, 0.6) is 0 Å². The highest BCUT2D eigenvalue weighted by molar-refractivity contribution is 5.75. The lowest BCUT2D eigenvalue weighted by Gasteiger charge is -2.10. The quantitative estimate of drug-likeness (QED) is 0.833. The molecule has 0 saturated carbocycles. The molecule has 4 nitrogen and oxygen atoms in total. The lowest BCUT2D eigenvalue weighted by atomic mass is 10.2. The molecule has 1 N–H and O–H groups in total. The third-order valence-corrected chi connectivity index (χ3v) is 2.42. The van der Waals surface area contributed by atoms with E-state index in [2.05, 4.69) is 4.98 Å². The van der Waals surface area contributed by atoms with E-state index in [1.165, 1.54) is 6.20 Å². The SMILES string of the molecule is O=C(OCc1ccccc1)C(O)c1ccccn1. The van der Waals surface area contributed by atoms with E-state index in [9.17, 15) is 9.90 Å². The number of carbonyl (C=O) groups is 1. The Bertz CT molecular complexity index is 499. The molecular weight excluding hydrogens is 230 g/mol. The molecule has 18 heavy (non-hydrogen) atoms. The third-order valence-electron chi connectivity index (χ3n) is 2.42. The highest BCUT2D eigenvalue weighted by Crippen LogP contribution is 2.12. The van der Waals surface area contributed by atoms with Gasteiger partial charge >= 0.3 is 5.97 Å². The van der Waals surface area contributed by atoms with Crippen molar-refractivity contribution < 1.29 is 14.6 Å². The van der Waals surface area contributed by atoms with E-state index in [1.54, 1.807) is 18.2 Å². The largest absolute Gasteiger partial charge is 0.459 e. The zero-order valence-corrected chi connectivity index (χ0v) is 9.69. The van der Waals surface area contributed by atoms with Crippen LogP contribution in [0.15, 0.2) is 54.7 Å². The fraction of sp³-hybridized carbons (Fsp3) is 0.143. The summed E-state index contributed by atoms with van der Waals surface area (Å²) in [5.74, 6) is -0.697. The number of pyridine rings is 1. The molecule has 1 aromatic heterocycles. The van der Waals surface area contributed by atoms with Crippen LogP contribution in [-0.2, 0) is 16.1 Å². The van der Waals surface area contributed by atoms with E-state index in [-0.39, 0.29) is 12.3 Å². The Morgan fingerprint density at radius 3 is 2.56 bits per heavy atom. The van der Waals surface area contributed by atoms with Crippen molar-refractivity contribution in [3.8, 4) is 0 Å². The van der Waals surface area contributed by atoms with Gasteiger partial charge in [-0.2, -0.15) is 0 Å². The average molecular weight is 243 g/mol. The van der Waals surface area contributed by atoms with Crippen molar-refractivity contribution >= 4 is 5.97 Å². The molecule has 4 heteroatoms. The summed E-state index contributed by atoms with van der Waals surface area (Å²) in [6.07, 6.45) is 0.179. The second kappa shape index (κ2) is 5.93. The first-order valence-corrected chi connectivity index (χ1v) is 5.57. The van der Waals surface area contributed by atoms with Crippen molar-refractivity contribution in [1.82, 2.24) is 4.98 Å². The maximum atomic E-state index is 11.6. The number of esters is 1. The van der Waals surface area contributed by atoms with E-state index in [0.717, 1.165) is 5.56 Å². The Balaban J connectivity index is 1.93. The number of nitrogens with zero attached hydrogens (tertiary/aromatic N) is 1. The molecule has 0 fully saturated rings. The summed E-state index contributed by atoms with van der Waals surface area (Å²) >= 11 is 0. The molecule has 0 saturated heterocycles. The number of hydrogen-bond acceptors (Lipinski definition) is 4. The van der Waals surface area contributed by atoms with Gasteiger partial charge in [0, 0.05) is 6.20 Å². The second-order valence-corrected chi connectivity index (χ2v) is 3.75. The summed E-state index contributed by atoms with van der Waals surface area (Å²) in [7, 11) is 0. The van der Waals surface area contributed by atoms with Crippen LogP contribution in [0.4, 0.5) is 0 Å². The zero-order valence-electron chi connectivity index (χ0n) is 9.69. The predicted octanol–water partition coefficient (Wildman–Crippen LogP) is 1.86. The number of hydrogen-bond donors (Lipinski definition) is 1. The highest BCUT2D eigenvalue weighted by atomic mass is 16.5. The second-order valence-electron chi connectivity index (χ2n) is 3.75. The fourth-order valence-corrected chi connectivity index (χ4v) is 1.47. The Kier molecular flexibility index (Phi) is 4.04. The van der Waals surface area contributed by atoms with E-state index in [4.69, 9.17) is 4.74 Å². The van der Waals surface area contributed by atoms with Crippen molar-refractivity contribution in [3.05, 3.63) is 66.0 Å². The Morgan fingerprint density at radius 2 is 1.89 bits per heavy atom. The number of rotatable bonds is 4. The number of aromatic nitrogens is 1. The molecule has 0 radical (unpaired) electrons. The zero-order chi connectivity index (χ0) is 12.8. The highest BCUT2D eigenvalue weighted by Gasteiger charge is 2.19. The van der Waals surface area contributed by atoms with Crippen LogP contribution >= 0.6 is 0 Å². The lowest BCUT2D eigenvalue weighted by molar-refractivity contribution is -0.155.